The molecule has 2 aromatic rings. The zero-order valence-electron chi connectivity index (χ0n) is 5.75. The van der Waals surface area contributed by atoms with Crippen molar-refractivity contribution in [2.45, 2.75) is 0 Å². The molecule has 1 aromatic carbocycles. The largest absolute Gasteiger partial charge is 0.434 e. The van der Waals surface area contributed by atoms with Gasteiger partial charge in [0.25, 0.3) is 0 Å². The van der Waals surface area contributed by atoms with Gasteiger partial charge in [0.1, 0.15) is 5.52 Å². The summed E-state index contributed by atoms with van der Waals surface area (Å²) in [6.45, 7) is 0. The van der Waals surface area contributed by atoms with Crippen molar-refractivity contribution in [1.82, 2.24) is 4.09 Å². The molecule has 0 fully saturated rings. The van der Waals surface area contributed by atoms with Crippen LogP contribution < -0.4 is 5.76 Å². The monoisotopic (exact) mass is 247 g/mol. The Morgan fingerprint density at radius 1 is 1.50 bits per heavy atom. The smallest absolute Gasteiger partial charge is 0.407 e. The van der Waals surface area contributed by atoms with E-state index in [0.717, 1.165) is 8.56 Å². The Kier molecular flexibility index (Phi) is 1.73. The predicted octanol–water partition coefficient (Wildman–Crippen LogP) is 2.36. The molecule has 0 unspecified atom stereocenters. The van der Waals surface area contributed by atoms with Gasteiger partial charge in [0, 0.05) is 16.2 Å². The Balaban J connectivity index is 2.98. The summed E-state index contributed by atoms with van der Waals surface area (Å²) in [4.78, 5) is 10.9. The maximum absolute atomic E-state index is 10.9. The van der Waals surface area contributed by atoms with Crippen molar-refractivity contribution in [3.63, 3.8) is 0 Å². The van der Waals surface area contributed by atoms with Crippen molar-refractivity contribution in [3.8, 4) is 0 Å². The summed E-state index contributed by atoms with van der Waals surface area (Å²) in [6.07, 6.45) is 0. The molecular weight excluding hydrogens is 245 g/mol. The van der Waals surface area contributed by atoms with Crippen molar-refractivity contribution in [1.29, 1.82) is 0 Å². The molecule has 5 heteroatoms. The van der Waals surface area contributed by atoms with E-state index in [1.807, 2.05) is 0 Å². The SMILES string of the molecule is O=c1oc2ccc(Br)cc2n1Cl. The van der Waals surface area contributed by atoms with Crippen LogP contribution in [0.15, 0.2) is 31.9 Å². The van der Waals surface area contributed by atoms with Crippen molar-refractivity contribution < 1.29 is 4.42 Å². The molecule has 0 amide bonds. The highest BCUT2D eigenvalue weighted by Gasteiger charge is 2.06. The zero-order valence-corrected chi connectivity index (χ0v) is 8.09. The first kappa shape index (κ1) is 7.89. The third-order valence-electron chi connectivity index (χ3n) is 1.49. The van der Waals surface area contributed by atoms with E-state index in [1.54, 1.807) is 18.2 Å². The molecule has 62 valence electrons. The lowest BCUT2D eigenvalue weighted by Gasteiger charge is -1.89. The van der Waals surface area contributed by atoms with Crippen LogP contribution in [0, 0.1) is 0 Å². The molecule has 0 N–H and O–H groups in total. The topological polar surface area (TPSA) is 35.1 Å². The van der Waals surface area contributed by atoms with Crippen LogP contribution in [-0.4, -0.2) is 4.09 Å². The number of aromatic nitrogens is 1. The minimum absolute atomic E-state index is 0.484. The van der Waals surface area contributed by atoms with Crippen LogP contribution in [0.4, 0.5) is 0 Å². The van der Waals surface area contributed by atoms with E-state index >= 15 is 0 Å². The molecule has 1 aromatic heterocycles. The van der Waals surface area contributed by atoms with Gasteiger partial charge < -0.3 is 4.42 Å². The summed E-state index contributed by atoms with van der Waals surface area (Å²) in [5.74, 6) is -0.565. The first-order chi connectivity index (χ1) is 5.68. The summed E-state index contributed by atoms with van der Waals surface area (Å²) in [5.41, 5.74) is 1.05. The highest BCUT2D eigenvalue weighted by atomic mass is 79.9. The number of oxazole rings is 1. The molecule has 1 heterocycles. The Bertz CT molecular complexity index is 488. The van der Waals surface area contributed by atoms with E-state index in [-0.39, 0.29) is 0 Å². The van der Waals surface area contributed by atoms with Crippen LogP contribution in [0.5, 0.6) is 0 Å². The maximum atomic E-state index is 10.9. The standard InChI is InChI=1S/C7H3BrClNO2/c8-4-1-2-6-5(3-4)10(9)7(11)12-6/h1-3H. The highest BCUT2D eigenvalue weighted by molar-refractivity contribution is 9.10. The van der Waals surface area contributed by atoms with Gasteiger partial charge in [-0.2, -0.15) is 4.09 Å². The molecular formula is C7H3BrClNO2. The fourth-order valence-corrected chi connectivity index (χ4v) is 1.48. The lowest BCUT2D eigenvalue weighted by atomic mass is 10.3. The van der Waals surface area contributed by atoms with Gasteiger partial charge in [-0.3, -0.25) is 0 Å². The van der Waals surface area contributed by atoms with Crippen LogP contribution in [-0.2, 0) is 0 Å². The number of fused-ring (bicyclic) bond motifs is 1. The summed E-state index contributed by atoms with van der Waals surface area (Å²) >= 11 is 8.86. The predicted molar refractivity (Wildman–Crippen MR) is 49.4 cm³/mol. The fourth-order valence-electron chi connectivity index (χ4n) is 0.963. The summed E-state index contributed by atoms with van der Waals surface area (Å²) in [7, 11) is 0. The molecule has 0 spiro atoms. The average Bonchev–Trinajstić information content (AvgIpc) is 2.31. The van der Waals surface area contributed by atoms with Crippen LogP contribution in [0.1, 0.15) is 0 Å². The Morgan fingerprint density at radius 2 is 2.25 bits per heavy atom. The second-order valence-electron chi connectivity index (χ2n) is 2.26. The van der Waals surface area contributed by atoms with Gasteiger partial charge in [0.2, 0.25) is 0 Å². The molecule has 12 heavy (non-hydrogen) atoms. The van der Waals surface area contributed by atoms with Crippen LogP contribution in [0.25, 0.3) is 11.1 Å². The van der Waals surface area contributed by atoms with E-state index in [1.165, 1.54) is 0 Å². The number of hydrogen-bond donors (Lipinski definition) is 0. The highest BCUT2D eigenvalue weighted by Crippen LogP contribution is 2.19. The minimum atomic E-state index is -0.565. The molecule has 0 saturated heterocycles. The average molecular weight is 248 g/mol. The van der Waals surface area contributed by atoms with Crippen molar-refractivity contribution >= 4 is 38.8 Å². The lowest BCUT2D eigenvalue weighted by molar-refractivity contribution is 0.548. The number of rotatable bonds is 0. The first-order valence-corrected chi connectivity index (χ1v) is 4.29. The number of benzene rings is 1. The van der Waals surface area contributed by atoms with Crippen LogP contribution in [0.2, 0.25) is 0 Å². The number of halogens is 2. The number of nitrogens with zero attached hydrogens (tertiary/aromatic N) is 1. The molecule has 0 radical (unpaired) electrons. The summed E-state index contributed by atoms with van der Waals surface area (Å²) < 4.78 is 6.60. The fraction of sp³-hybridized carbons (Fsp3) is 0. The zero-order chi connectivity index (χ0) is 8.72. The Hall–Kier alpha value is -0.740. The number of hydrogen-bond acceptors (Lipinski definition) is 2. The van der Waals surface area contributed by atoms with Crippen LogP contribution in [0.3, 0.4) is 0 Å². The van der Waals surface area contributed by atoms with Gasteiger partial charge in [-0.15, -0.1) is 0 Å². The van der Waals surface area contributed by atoms with Gasteiger partial charge in [0.15, 0.2) is 5.58 Å². The molecule has 0 aliphatic rings. The van der Waals surface area contributed by atoms with Gasteiger partial charge >= 0.3 is 5.76 Å². The van der Waals surface area contributed by atoms with E-state index in [0.29, 0.717) is 11.1 Å². The van der Waals surface area contributed by atoms with Crippen molar-refractivity contribution in [2.24, 2.45) is 0 Å². The normalized spacial score (nSPS) is 10.8. The molecule has 0 bridgehead atoms. The van der Waals surface area contributed by atoms with Gasteiger partial charge in [-0.25, -0.2) is 4.79 Å². The quantitative estimate of drug-likeness (QED) is 0.717. The van der Waals surface area contributed by atoms with Gasteiger partial charge in [0.05, 0.1) is 0 Å². The first-order valence-electron chi connectivity index (χ1n) is 3.16. The summed E-state index contributed by atoms with van der Waals surface area (Å²) in [6, 6.07) is 5.18. The molecule has 2 rings (SSSR count). The summed E-state index contributed by atoms with van der Waals surface area (Å²) in [5, 5.41) is 0. The Morgan fingerprint density at radius 3 is 3.00 bits per heavy atom. The van der Waals surface area contributed by atoms with Crippen LogP contribution >= 0.6 is 27.7 Å². The van der Waals surface area contributed by atoms with E-state index in [9.17, 15) is 4.79 Å². The van der Waals surface area contributed by atoms with Crippen molar-refractivity contribution in [3.05, 3.63) is 33.2 Å². The Labute approximate surface area is 80.8 Å². The molecule has 0 aliphatic heterocycles. The second-order valence-corrected chi connectivity index (χ2v) is 3.51. The third-order valence-corrected chi connectivity index (χ3v) is 2.30. The van der Waals surface area contributed by atoms with Gasteiger partial charge in [-0.05, 0) is 18.2 Å². The lowest BCUT2D eigenvalue weighted by Crippen LogP contribution is -2.02. The van der Waals surface area contributed by atoms with E-state index in [4.69, 9.17) is 16.2 Å². The van der Waals surface area contributed by atoms with E-state index in [2.05, 4.69) is 15.9 Å². The minimum Gasteiger partial charge on any atom is -0.407 e. The third kappa shape index (κ3) is 1.07. The van der Waals surface area contributed by atoms with Gasteiger partial charge in [-0.1, -0.05) is 15.9 Å². The molecule has 0 aliphatic carbocycles. The molecule has 3 nitrogen and oxygen atoms in total. The second kappa shape index (κ2) is 2.64. The maximum Gasteiger partial charge on any atom is 0.434 e. The molecule has 0 atom stereocenters. The molecule has 0 saturated carbocycles. The van der Waals surface area contributed by atoms with Crippen molar-refractivity contribution in [2.75, 3.05) is 0 Å². The van der Waals surface area contributed by atoms with E-state index < -0.39 is 5.76 Å².